The van der Waals surface area contributed by atoms with Crippen LogP contribution in [0.2, 0.25) is 0 Å². The van der Waals surface area contributed by atoms with Crippen molar-refractivity contribution in [2.45, 2.75) is 173 Å². The van der Waals surface area contributed by atoms with Gasteiger partial charge in [0.1, 0.15) is 36.2 Å². The number of rotatable bonds is 10. The first kappa shape index (κ1) is 58.8. The minimum atomic E-state index is -2.49. The Labute approximate surface area is 432 Å². The van der Waals surface area contributed by atoms with Crippen molar-refractivity contribution in [2.75, 3.05) is 60.4 Å². The van der Waals surface area contributed by atoms with E-state index in [9.17, 15) is 39.3 Å². The summed E-state index contributed by atoms with van der Waals surface area (Å²) < 4.78 is 48.0. The average molecular weight is 1030 g/mol. The number of Topliss-reactive ketones (excluding diaryl/α,β-unsaturated/α-hetero) is 3. The highest BCUT2D eigenvalue weighted by Crippen LogP contribution is 2.45. The topological polar surface area (TPSA) is 223 Å². The standard InChI is InChI=1S/C56H85NO16/c1-33-13-10-9-11-14-34(2)46(71-32-41-31-68-23-24-69-41)29-40-18-16-38(6)56(65,73-40)53(62)54(63)57-20-12-15-42-43(27-39-17-19-45(70-22-21-58)48(28-39)66-7)47(72-55(64)49(42)57)30-44(59)35(3)26-37(5)51(61)52(67-8)50(60)36(4)25-33/h9-11,13-14,26,33,35-36,38-43,45-49,51-52,58,61,65H,12,15-25,27-32H2,1-8H3/b11-9+,13-10+,34-14+,37-26+/t33-,35-,36-,38-,39+,40+,41+,42-,43?,45-,46+,47+,48-,49?,51-,52+,56-/m1/s1. The zero-order valence-corrected chi connectivity index (χ0v) is 44.5. The first-order chi connectivity index (χ1) is 34.9. The van der Waals surface area contributed by atoms with Crippen LogP contribution in [-0.4, -0.2) is 171 Å². The van der Waals surface area contributed by atoms with E-state index in [1.165, 1.54) is 12.0 Å². The minimum absolute atomic E-state index is 0.00625. The van der Waals surface area contributed by atoms with Crippen LogP contribution < -0.4 is 0 Å². The Balaban J connectivity index is 1.34. The van der Waals surface area contributed by atoms with Gasteiger partial charge in [-0.15, -0.1) is 0 Å². The number of aliphatic hydroxyl groups excluding tert-OH is 2. The molecule has 410 valence electrons. The molecule has 0 spiro atoms. The molecule has 0 aromatic rings. The van der Waals surface area contributed by atoms with Crippen molar-refractivity contribution in [2.24, 2.45) is 41.4 Å². The van der Waals surface area contributed by atoms with Crippen molar-refractivity contribution in [1.82, 2.24) is 4.90 Å². The third-order valence-electron chi connectivity index (χ3n) is 16.4. The molecular formula is C56H85NO16. The van der Waals surface area contributed by atoms with Gasteiger partial charge in [-0.05, 0) is 101 Å². The van der Waals surface area contributed by atoms with Gasteiger partial charge in [-0.1, -0.05) is 64.2 Å². The number of ketones is 3. The number of nitrogens with zero attached hydrogens (tertiary/aromatic N) is 1. The monoisotopic (exact) mass is 1030 g/mol. The Kier molecular flexibility index (Phi) is 22.2. The molecule has 1 saturated carbocycles. The van der Waals surface area contributed by atoms with Gasteiger partial charge in [0.25, 0.3) is 11.7 Å². The summed E-state index contributed by atoms with van der Waals surface area (Å²) in [7, 11) is 3.01. The molecule has 17 heteroatoms. The van der Waals surface area contributed by atoms with E-state index in [0.29, 0.717) is 76.8 Å². The second kappa shape index (κ2) is 27.5. The van der Waals surface area contributed by atoms with E-state index in [2.05, 4.69) is 0 Å². The zero-order valence-electron chi connectivity index (χ0n) is 44.5. The second-order valence-electron chi connectivity index (χ2n) is 21.7. The normalized spacial score (nSPS) is 41.6. The van der Waals surface area contributed by atoms with Gasteiger partial charge < -0.3 is 58.1 Å². The number of allylic oxidation sites excluding steroid dienone is 6. The Morgan fingerprint density at radius 2 is 1.64 bits per heavy atom. The molecule has 1 aliphatic carbocycles. The van der Waals surface area contributed by atoms with Crippen LogP contribution >= 0.6 is 0 Å². The third kappa shape index (κ3) is 14.9. The van der Waals surface area contributed by atoms with E-state index in [0.717, 1.165) is 12.0 Å². The van der Waals surface area contributed by atoms with Gasteiger partial charge in [0.15, 0.2) is 5.78 Å². The molecule has 73 heavy (non-hydrogen) atoms. The summed E-state index contributed by atoms with van der Waals surface area (Å²) in [5.74, 6) is -8.68. The Morgan fingerprint density at radius 1 is 0.863 bits per heavy atom. The van der Waals surface area contributed by atoms with Gasteiger partial charge in [0.05, 0.1) is 64.1 Å². The Bertz CT molecular complexity index is 2000. The van der Waals surface area contributed by atoms with Crippen molar-refractivity contribution >= 4 is 29.2 Å². The van der Waals surface area contributed by atoms with E-state index in [-0.39, 0.29) is 80.9 Å². The molecule has 1 amide bonds. The molecular weight excluding hydrogens is 943 g/mol. The van der Waals surface area contributed by atoms with Crippen LogP contribution in [0.3, 0.4) is 0 Å². The molecule has 0 aromatic heterocycles. The van der Waals surface area contributed by atoms with E-state index >= 15 is 0 Å². The van der Waals surface area contributed by atoms with Crippen molar-refractivity contribution in [3.8, 4) is 0 Å². The predicted molar refractivity (Wildman–Crippen MR) is 269 cm³/mol. The first-order valence-corrected chi connectivity index (χ1v) is 26.9. The second-order valence-corrected chi connectivity index (χ2v) is 21.7. The fourth-order valence-electron chi connectivity index (χ4n) is 12.1. The molecule has 0 radical (unpaired) electrons. The van der Waals surface area contributed by atoms with Gasteiger partial charge in [-0.25, -0.2) is 4.79 Å². The van der Waals surface area contributed by atoms with Crippen molar-refractivity contribution in [3.63, 3.8) is 0 Å². The number of piperidine rings is 1. The van der Waals surface area contributed by atoms with E-state index < -0.39 is 89.6 Å². The lowest BCUT2D eigenvalue weighted by Crippen LogP contribution is -2.65. The number of carbonyl (C=O) groups is 5. The number of aliphatic hydroxyl groups is 3. The largest absolute Gasteiger partial charge is 0.460 e. The molecule has 2 unspecified atom stereocenters. The summed E-state index contributed by atoms with van der Waals surface area (Å²) in [6, 6.07) is -1.15. The van der Waals surface area contributed by atoms with E-state index in [1.807, 2.05) is 51.2 Å². The van der Waals surface area contributed by atoms with Crippen LogP contribution in [0, 0.1) is 41.4 Å². The molecule has 0 aromatic carbocycles. The summed E-state index contributed by atoms with van der Waals surface area (Å²) in [6.07, 6.45) is 10.9. The molecule has 6 rings (SSSR count). The highest BCUT2D eigenvalue weighted by Gasteiger charge is 2.57. The SMILES string of the molecule is CO[C@@H]1C[C@H](CC2[C@H]3CCCN4C(=O)C(=O)[C@]5(O)O[C@@H](CC[C@H]5C)C[C@H](OC[C@@H]5COCCO5)/C(C)=C/C=C/C=C/[C@@H](C)C[C@@H](C)C(=O)[C@H](OC)[C@H](O)/C(C)=C/[C@@H](C)C(=O)C[C@@H]2OC(=O)C34)CC[C@H]1OCCO. The van der Waals surface area contributed by atoms with Crippen molar-refractivity contribution < 1.29 is 77.2 Å². The molecule has 4 saturated heterocycles. The molecule has 5 fully saturated rings. The quantitative estimate of drug-likeness (QED) is 0.145. The molecule has 3 N–H and O–H groups in total. The number of carbonyl (C=O) groups excluding carboxylic acids is 5. The molecule has 17 nitrogen and oxygen atoms in total. The molecule has 6 aliphatic rings. The smallest absolute Gasteiger partial charge is 0.329 e. The molecule has 5 heterocycles. The lowest BCUT2D eigenvalue weighted by atomic mass is 9.68. The highest BCUT2D eigenvalue weighted by atomic mass is 16.6. The number of ether oxygens (including phenoxy) is 8. The molecule has 5 aliphatic heterocycles. The summed E-state index contributed by atoms with van der Waals surface area (Å²) in [5.41, 5.74) is 1.24. The van der Waals surface area contributed by atoms with Crippen molar-refractivity contribution in [1.29, 1.82) is 0 Å². The van der Waals surface area contributed by atoms with Crippen LogP contribution in [0.5, 0.6) is 0 Å². The maximum Gasteiger partial charge on any atom is 0.329 e. The maximum atomic E-state index is 14.7. The van der Waals surface area contributed by atoms with Gasteiger partial charge in [0, 0.05) is 57.3 Å². The number of hydrogen-bond donors (Lipinski definition) is 3. The fourth-order valence-corrected chi connectivity index (χ4v) is 12.1. The zero-order chi connectivity index (χ0) is 53.0. The summed E-state index contributed by atoms with van der Waals surface area (Å²) >= 11 is 0. The van der Waals surface area contributed by atoms with E-state index in [1.54, 1.807) is 34.0 Å². The highest BCUT2D eigenvalue weighted by molar-refractivity contribution is 6.39. The predicted octanol–water partition coefficient (Wildman–Crippen LogP) is 5.20. The van der Waals surface area contributed by atoms with Crippen molar-refractivity contribution in [3.05, 3.63) is 47.6 Å². The molecule has 17 atom stereocenters. The lowest BCUT2D eigenvalue weighted by Gasteiger charge is -2.50. The van der Waals surface area contributed by atoms with Crippen LogP contribution in [-0.2, 0) is 61.9 Å². The van der Waals surface area contributed by atoms with Crippen LogP contribution in [0.15, 0.2) is 47.6 Å². The number of esters is 1. The lowest BCUT2D eigenvalue weighted by molar-refractivity contribution is -0.266. The summed E-state index contributed by atoms with van der Waals surface area (Å²) in [6.45, 7) is 12.5. The van der Waals surface area contributed by atoms with Gasteiger partial charge in [0.2, 0.25) is 5.79 Å². The van der Waals surface area contributed by atoms with Gasteiger partial charge >= 0.3 is 5.97 Å². The molecule has 4 bridgehead atoms. The average Bonchev–Trinajstić information content (AvgIpc) is 3.38. The number of amides is 1. The third-order valence-corrected chi connectivity index (χ3v) is 16.4. The van der Waals surface area contributed by atoms with Crippen LogP contribution in [0.25, 0.3) is 0 Å². The Hall–Kier alpha value is -3.49. The minimum Gasteiger partial charge on any atom is -0.460 e. The number of hydrogen-bond acceptors (Lipinski definition) is 16. The van der Waals surface area contributed by atoms with Crippen LogP contribution in [0.1, 0.15) is 112 Å². The van der Waals surface area contributed by atoms with Crippen LogP contribution in [0.4, 0.5) is 0 Å². The Morgan fingerprint density at radius 3 is 2.36 bits per heavy atom. The maximum absolute atomic E-state index is 14.7. The van der Waals surface area contributed by atoms with Gasteiger partial charge in [-0.3, -0.25) is 19.2 Å². The van der Waals surface area contributed by atoms with E-state index in [4.69, 9.17) is 37.9 Å². The fraction of sp³-hybridized carbons (Fsp3) is 0.768. The number of fused-ring (bicyclic) bond motifs is 4. The summed E-state index contributed by atoms with van der Waals surface area (Å²) in [5, 5.41) is 33.3. The first-order valence-electron chi connectivity index (χ1n) is 26.9. The number of methoxy groups -OCH3 is 2. The summed E-state index contributed by atoms with van der Waals surface area (Å²) in [4.78, 5) is 73.2. The van der Waals surface area contributed by atoms with Gasteiger partial charge in [-0.2, -0.15) is 0 Å².